The maximum atomic E-state index is 11.6. The second-order valence-corrected chi connectivity index (χ2v) is 5.01. The van der Waals surface area contributed by atoms with Crippen LogP contribution < -0.4 is 0 Å². The van der Waals surface area contributed by atoms with Crippen LogP contribution in [-0.2, 0) is 10.2 Å². The number of ketones is 1. The smallest absolute Gasteiger partial charge is 0.140 e. The van der Waals surface area contributed by atoms with E-state index in [1.807, 2.05) is 6.07 Å². The molecular weight excluding hydrogens is 240 g/mol. The van der Waals surface area contributed by atoms with Crippen molar-refractivity contribution in [1.82, 2.24) is 0 Å². The Morgan fingerprint density at radius 2 is 2.07 bits per heavy atom. The van der Waals surface area contributed by atoms with Crippen molar-refractivity contribution in [2.24, 2.45) is 0 Å². The molecule has 1 aliphatic carbocycles. The first kappa shape index (κ1) is 9.91. The zero-order valence-corrected chi connectivity index (χ0v) is 10.0. The van der Waals surface area contributed by atoms with Crippen LogP contribution in [0.1, 0.15) is 30.9 Å². The van der Waals surface area contributed by atoms with Crippen LogP contribution in [0.5, 0.6) is 0 Å². The molecule has 2 rings (SSSR count). The molecule has 1 aromatic carbocycles. The van der Waals surface area contributed by atoms with Crippen LogP contribution in [0, 0.1) is 6.92 Å². The van der Waals surface area contributed by atoms with E-state index in [9.17, 15) is 4.79 Å². The summed E-state index contributed by atoms with van der Waals surface area (Å²) in [6.07, 6.45) is 2.04. The molecule has 1 fully saturated rings. The summed E-state index contributed by atoms with van der Waals surface area (Å²) in [7, 11) is 0. The molecule has 74 valence electrons. The zero-order chi connectivity index (χ0) is 10.3. The normalized spacial score (nSPS) is 17.9. The molecule has 0 bridgehead atoms. The molecule has 0 unspecified atom stereocenters. The lowest BCUT2D eigenvalue weighted by Crippen LogP contribution is -2.18. The highest BCUT2D eigenvalue weighted by atomic mass is 79.9. The minimum absolute atomic E-state index is 0.134. The predicted molar refractivity (Wildman–Crippen MR) is 60.5 cm³/mol. The van der Waals surface area contributed by atoms with E-state index in [1.54, 1.807) is 6.92 Å². The minimum atomic E-state index is -0.134. The van der Waals surface area contributed by atoms with Crippen molar-refractivity contribution in [2.75, 3.05) is 0 Å². The first-order chi connectivity index (χ1) is 6.56. The van der Waals surface area contributed by atoms with Crippen LogP contribution in [-0.4, -0.2) is 5.78 Å². The lowest BCUT2D eigenvalue weighted by atomic mass is 9.89. The van der Waals surface area contributed by atoms with Crippen LogP contribution in [0.3, 0.4) is 0 Å². The highest BCUT2D eigenvalue weighted by Gasteiger charge is 2.49. The van der Waals surface area contributed by atoms with Gasteiger partial charge in [0.25, 0.3) is 0 Å². The van der Waals surface area contributed by atoms with Gasteiger partial charge in [-0.25, -0.2) is 0 Å². The maximum Gasteiger partial charge on any atom is 0.140 e. The number of halogens is 1. The van der Waals surface area contributed by atoms with Gasteiger partial charge in [-0.1, -0.05) is 22.0 Å². The quantitative estimate of drug-likeness (QED) is 0.789. The summed E-state index contributed by atoms with van der Waals surface area (Å²) in [6, 6.07) is 6.18. The standard InChI is InChI=1S/C12H13BrO/c1-8-7-10(13)3-4-11(8)12(5-6-12)9(2)14/h3-4,7H,5-6H2,1-2H3. The Morgan fingerprint density at radius 1 is 1.43 bits per heavy atom. The maximum absolute atomic E-state index is 11.6. The highest BCUT2D eigenvalue weighted by Crippen LogP contribution is 2.50. The summed E-state index contributed by atoms with van der Waals surface area (Å²) < 4.78 is 1.08. The molecule has 0 heterocycles. The van der Waals surface area contributed by atoms with Crippen molar-refractivity contribution in [3.8, 4) is 0 Å². The van der Waals surface area contributed by atoms with E-state index in [0.717, 1.165) is 17.3 Å². The average molecular weight is 253 g/mol. The Hall–Kier alpha value is -0.630. The Morgan fingerprint density at radius 3 is 2.50 bits per heavy atom. The summed E-state index contributed by atoms with van der Waals surface area (Å²) in [5.41, 5.74) is 2.30. The molecule has 0 atom stereocenters. The molecule has 0 spiro atoms. The van der Waals surface area contributed by atoms with E-state index < -0.39 is 0 Å². The van der Waals surface area contributed by atoms with Gasteiger partial charge in [-0.3, -0.25) is 4.79 Å². The topological polar surface area (TPSA) is 17.1 Å². The van der Waals surface area contributed by atoms with Gasteiger partial charge >= 0.3 is 0 Å². The van der Waals surface area contributed by atoms with Gasteiger partial charge in [-0.2, -0.15) is 0 Å². The van der Waals surface area contributed by atoms with Gasteiger partial charge in [-0.15, -0.1) is 0 Å². The van der Waals surface area contributed by atoms with Crippen molar-refractivity contribution in [2.45, 2.75) is 32.1 Å². The minimum Gasteiger partial charge on any atom is -0.299 e. The number of carbonyl (C=O) groups excluding carboxylic acids is 1. The van der Waals surface area contributed by atoms with Crippen LogP contribution in [0.15, 0.2) is 22.7 Å². The van der Waals surface area contributed by atoms with Gasteiger partial charge in [0, 0.05) is 4.47 Å². The fraction of sp³-hybridized carbons (Fsp3) is 0.417. The van der Waals surface area contributed by atoms with E-state index in [0.29, 0.717) is 5.78 Å². The third-order valence-electron chi connectivity index (χ3n) is 3.13. The van der Waals surface area contributed by atoms with Crippen molar-refractivity contribution in [3.63, 3.8) is 0 Å². The number of aryl methyl sites for hydroxylation is 1. The van der Waals surface area contributed by atoms with Crippen LogP contribution in [0.2, 0.25) is 0 Å². The Labute approximate surface area is 92.6 Å². The predicted octanol–water partition coefficient (Wildman–Crippen LogP) is 3.38. The molecule has 1 aromatic rings. The molecule has 1 saturated carbocycles. The number of carbonyl (C=O) groups is 1. The summed E-state index contributed by atoms with van der Waals surface area (Å²) >= 11 is 3.44. The largest absolute Gasteiger partial charge is 0.299 e. The zero-order valence-electron chi connectivity index (χ0n) is 8.43. The first-order valence-corrected chi connectivity index (χ1v) is 5.63. The lowest BCUT2D eigenvalue weighted by Gasteiger charge is -2.14. The molecule has 14 heavy (non-hydrogen) atoms. The van der Waals surface area contributed by atoms with Crippen LogP contribution in [0.25, 0.3) is 0 Å². The molecule has 0 radical (unpaired) electrons. The molecule has 1 aliphatic rings. The molecule has 0 amide bonds. The third kappa shape index (κ3) is 1.42. The van der Waals surface area contributed by atoms with E-state index in [2.05, 4.69) is 35.0 Å². The second kappa shape index (κ2) is 3.20. The molecule has 1 nitrogen and oxygen atoms in total. The van der Waals surface area contributed by atoms with Crippen LogP contribution >= 0.6 is 15.9 Å². The molecule has 0 N–H and O–H groups in total. The van der Waals surface area contributed by atoms with Crippen LogP contribution in [0.4, 0.5) is 0 Å². The summed E-state index contributed by atoms with van der Waals surface area (Å²) in [4.78, 5) is 11.6. The van der Waals surface area contributed by atoms with Gasteiger partial charge in [0.1, 0.15) is 5.78 Å². The molecule has 0 aliphatic heterocycles. The third-order valence-corrected chi connectivity index (χ3v) is 3.62. The lowest BCUT2D eigenvalue weighted by molar-refractivity contribution is -0.119. The number of hydrogen-bond acceptors (Lipinski definition) is 1. The first-order valence-electron chi connectivity index (χ1n) is 4.84. The van der Waals surface area contributed by atoms with Gasteiger partial charge in [0.05, 0.1) is 5.41 Å². The molecule has 2 heteroatoms. The second-order valence-electron chi connectivity index (χ2n) is 4.10. The summed E-state index contributed by atoms with van der Waals surface area (Å²) in [5.74, 6) is 0.308. The highest BCUT2D eigenvalue weighted by molar-refractivity contribution is 9.10. The van der Waals surface area contributed by atoms with Gasteiger partial charge in [0.15, 0.2) is 0 Å². The Kier molecular flexibility index (Phi) is 2.26. The summed E-state index contributed by atoms with van der Waals surface area (Å²) in [5, 5.41) is 0. The number of rotatable bonds is 2. The molecule has 0 aromatic heterocycles. The monoisotopic (exact) mass is 252 g/mol. The Balaban J connectivity index is 2.47. The Bertz CT molecular complexity index is 391. The van der Waals surface area contributed by atoms with E-state index in [1.165, 1.54) is 11.1 Å². The van der Waals surface area contributed by atoms with Gasteiger partial charge < -0.3 is 0 Å². The van der Waals surface area contributed by atoms with Gasteiger partial charge in [-0.05, 0) is 49.9 Å². The molecular formula is C12H13BrO. The number of Topliss-reactive ketones (excluding diaryl/α,β-unsaturated/α-hetero) is 1. The molecule has 0 saturated heterocycles. The van der Waals surface area contributed by atoms with E-state index in [4.69, 9.17) is 0 Å². The van der Waals surface area contributed by atoms with Crippen molar-refractivity contribution >= 4 is 21.7 Å². The fourth-order valence-corrected chi connectivity index (χ4v) is 2.58. The van der Waals surface area contributed by atoms with E-state index in [-0.39, 0.29) is 5.41 Å². The number of benzene rings is 1. The van der Waals surface area contributed by atoms with Crippen molar-refractivity contribution in [1.29, 1.82) is 0 Å². The fourth-order valence-electron chi connectivity index (χ4n) is 2.10. The van der Waals surface area contributed by atoms with Crippen molar-refractivity contribution < 1.29 is 4.79 Å². The summed E-state index contributed by atoms with van der Waals surface area (Å²) in [6.45, 7) is 3.78. The van der Waals surface area contributed by atoms with Gasteiger partial charge in [0.2, 0.25) is 0 Å². The SMILES string of the molecule is CC(=O)C1(c2ccc(Br)cc2C)CC1. The van der Waals surface area contributed by atoms with E-state index >= 15 is 0 Å². The average Bonchev–Trinajstić information content (AvgIpc) is 2.84. The number of hydrogen-bond donors (Lipinski definition) is 0. The van der Waals surface area contributed by atoms with Crippen molar-refractivity contribution in [3.05, 3.63) is 33.8 Å².